The Labute approximate surface area is 128 Å². The second kappa shape index (κ2) is 6.86. The molecule has 0 atom stereocenters. The monoisotopic (exact) mass is 362 g/mol. The fourth-order valence-corrected chi connectivity index (χ4v) is 3.11. The van der Waals surface area contributed by atoms with Gasteiger partial charge in [-0.2, -0.15) is 0 Å². The molecule has 0 amide bonds. The number of hydrogen-bond donors (Lipinski definition) is 0. The Morgan fingerprint density at radius 3 is 2.35 bits per heavy atom. The molecule has 1 aromatic rings. The van der Waals surface area contributed by atoms with Gasteiger partial charge in [0.2, 0.25) is 0 Å². The van der Waals surface area contributed by atoms with E-state index in [4.69, 9.17) is 4.74 Å². The summed E-state index contributed by atoms with van der Waals surface area (Å²) < 4.78 is 8.66. The van der Waals surface area contributed by atoms with Crippen molar-refractivity contribution in [2.24, 2.45) is 7.05 Å². The maximum absolute atomic E-state index is 12.2. The highest BCUT2D eigenvalue weighted by Gasteiger charge is 2.15. The van der Waals surface area contributed by atoms with Crippen LogP contribution >= 0.6 is 15.9 Å². The highest BCUT2D eigenvalue weighted by atomic mass is 79.9. The van der Waals surface area contributed by atoms with Crippen molar-refractivity contribution in [3.8, 4) is 0 Å². The normalized spacial score (nSPS) is 11.9. The van der Waals surface area contributed by atoms with Gasteiger partial charge in [0.05, 0.1) is 4.60 Å². The minimum absolute atomic E-state index is 0.0241. The Bertz CT molecular complexity index is 587. The summed E-state index contributed by atoms with van der Waals surface area (Å²) in [6.45, 7) is 9.28. The first-order valence-corrected chi connectivity index (χ1v) is 11.2. The van der Waals surface area contributed by atoms with E-state index in [0.717, 1.165) is 10.6 Å². The Morgan fingerprint density at radius 1 is 1.25 bits per heavy atom. The molecule has 7 heteroatoms. The number of aromatic nitrogens is 2. The fraction of sp³-hybridized carbons (Fsp3) is 0.692. The zero-order valence-electron chi connectivity index (χ0n) is 12.8. The van der Waals surface area contributed by atoms with Gasteiger partial charge in [0, 0.05) is 27.3 Å². The fourth-order valence-electron chi connectivity index (χ4n) is 1.75. The van der Waals surface area contributed by atoms with Gasteiger partial charge in [0.15, 0.2) is 0 Å². The lowest BCUT2D eigenvalue weighted by Gasteiger charge is -2.16. The maximum Gasteiger partial charge on any atom is 0.333 e. The zero-order valence-corrected chi connectivity index (χ0v) is 15.4. The Morgan fingerprint density at radius 2 is 1.85 bits per heavy atom. The molecule has 1 rings (SSSR count). The molecule has 0 bridgehead atoms. The van der Waals surface area contributed by atoms with Crippen molar-refractivity contribution in [1.82, 2.24) is 9.13 Å². The second-order valence-electron chi connectivity index (χ2n) is 6.05. The van der Waals surface area contributed by atoms with Crippen LogP contribution in [0.3, 0.4) is 0 Å². The van der Waals surface area contributed by atoms with Crippen LogP contribution in [0.2, 0.25) is 25.7 Å². The van der Waals surface area contributed by atoms with Gasteiger partial charge in [-0.05, 0) is 28.4 Å². The average molecular weight is 363 g/mol. The molecule has 0 aromatic carbocycles. The minimum Gasteiger partial charge on any atom is -0.361 e. The summed E-state index contributed by atoms with van der Waals surface area (Å²) >= 11 is 3.30. The van der Waals surface area contributed by atoms with E-state index in [2.05, 4.69) is 35.6 Å². The predicted molar refractivity (Wildman–Crippen MR) is 87.1 cm³/mol. The topological polar surface area (TPSA) is 53.2 Å². The number of rotatable bonds is 6. The van der Waals surface area contributed by atoms with E-state index in [9.17, 15) is 9.59 Å². The van der Waals surface area contributed by atoms with Gasteiger partial charge < -0.3 is 4.74 Å². The van der Waals surface area contributed by atoms with Gasteiger partial charge in [0.25, 0.3) is 5.56 Å². The molecule has 20 heavy (non-hydrogen) atoms. The Balaban J connectivity index is 2.94. The van der Waals surface area contributed by atoms with Crippen molar-refractivity contribution in [3.63, 3.8) is 0 Å². The zero-order chi connectivity index (χ0) is 15.5. The summed E-state index contributed by atoms with van der Waals surface area (Å²) in [6, 6.07) is 1.01. The van der Waals surface area contributed by atoms with Crippen LogP contribution in [0, 0.1) is 0 Å². The van der Waals surface area contributed by atoms with Gasteiger partial charge in [-0.1, -0.05) is 26.6 Å². The molecule has 0 radical (unpaired) electrons. The van der Waals surface area contributed by atoms with Crippen molar-refractivity contribution >= 4 is 24.0 Å². The van der Waals surface area contributed by atoms with Crippen LogP contribution in [0.1, 0.15) is 12.5 Å². The number of nitrogens with zero attached hydrogens (tertiary/aromatic N) is 2. The lowest BCUT2D eigenvalue weighted by atomic mass is 10.2. The van der Waals surface area contributed by atoms with Crippen molar-refractivity contribution in [3.05, 3.63) is 31.0 Å². The Hall–Kier alpha value is -0.663. The summed E-state index contributed by atoms with van der Waals surface area (Å²) in [5, 5.41) is 0. The van der Waals surface area contributed by atoms with Crippen LogP contribution in [0.15, 0.2) is 14.2 Å². The summed E-state index contributed by atoms with van der Waals surface area (Å²) in [5.41, 5.74) is -0.0246. The first-order valence-electron chi connectivity index (χ1n) is 6.75. The highest BCUT2D eigenvalue weighted by Crippen LogP contribution is 2.10. The van der Waals surface area contributed by atoms with Crippen molar-refractivity contribution < 1.29 is 4.74 Å². The van der Waals surface area contributed by atoms with Crippen LogP contribution < -0.4 is 11.2 Å². The third kappa shape index (κ3) is 4.16. The summed E-state index contributed by atoms with van der Waals surface area (Å²) in [7, 11) is 0.479. The minimum atomic E-state index is -1.16. The molecule has 0 N–H and O–H groups in total. The smallest absolute Gasteiger partial charge is 0.333 e. The van der Waals surface area contributed by atoms with E-state index in [-0.39, 0.29) is 18.0 Å². The first kappa shape index (κ1) is 17.4. The Kier molecular flexibility index (Phi) is 5.97. The van der Waals surface area contributed by atoms with E-state index < -0.39 is 8.07 Å². The predicted octanol–water partition coefficient (Wildman–Crippen LogP) is 2.18. The SMILES string of the molecule is CCc1c(Br)n(C)c(=O)n(COCC[Si](C)(C)C)c1=O. The molecule has 0 unspecified atom stereocenters. The molecule has 5 nitrogen and oxygen atoms in total. The summed E-state index contributed by atoms with van der Waals surface area (Å²) in [5.74, 6) is 0. The molecule has 0 saturated carbocycles. The lowest BCUT2D eigenvalue weighted by Crippen LogP contribution is -2.42. The molecule has 1 aromatic heterocycles. The molecule has 0 aliphatic rings. The lowest BCUT2D eigenvalue weighted by molar-refractivity contribution is 0.0802. The average Bonchev–Trinajstić information content (AvgIpc) is 2.35. The molecule has 0 spiro atoms. The number of hydrogen-bond acceptors (Lipinski definition) is 3. The van der Waals surface area contributed by atoms with Gasteiger partial charge in [-0.25, -0.2) is 9.36 Å². The molecule has 0 fully saturated rings. The maximum atomic E-state index is 12.2. The van der Waals surface area contributed by atoms with Crippen molar-refractivity contribution in [2.75, 3.05) is 6.61 Å². The molecule has 1 heterocycles. The van der Waals surface area contributed by atoms with Gasteiger partial charge >= 0.3 is 5.69 Å². The summed E-state index contributed by atoms with van der Waals surface area (Å²) in [4.78, 5) is 24.3. The van der Waals surface area contributed by atoms with Gasteiger partial charge in [-0.3, -0.25) is 9.36 Å². The van der Waals surface area contributed by atoms with Gasteiger partial charge in [0.1, 0.15) is 6.73 Å². The molecule has 0 aliphatic heterocycles. The second-order valence-corrected chi connectivity index (χ2v) is 12.4. The van der Waals surface area contributed by atoms with Crippen molar-refractivity contribution in [2.45, 2.75) is 45.8 Å². The quantitative estimate of drug-likeness (QED) is 0.442. The standard InChI is InChI=1S/C13H23BrN2O3Si/c1-6-10-11(14)15(2)13(18)16(12(10)17)9-19-7-8-20(3,4)5/h6-9H2,1-5H3. The largest absolute Gasteiger partial charge is 0.361 e. The van der Waals surface area contributed by atoms with E-state index in [1.165, 1.54) is 4.57 Å². The van der Waals surface area contributed by atoms with Crippen LogP contribution in [0.4, 0.5) is 0 Å². The van der Waals surface area contributed by atoms with Crippen LogP contribution in [-0.2, 0) is 24.9 Å². The number of halogens is 1. The number of ether oxygens (including phenoxy) is 1. The van der Waals surface area contributed by atoms with Crippen LogP contribution in [0.25, 0.3) is 0 Å². The highest BCUT2D eigenvalue weighted by molar-refractivity contribution is 9.10. The van der Waals surface area contributed by atoms with E-state index in [0.29, 0.717) is 23.2 Å². The first-order chi connectivity index (χ1) is 9.19. The van der Waals surface area contributed by atoms with Crippen LogP contribution in [-0.4, -0.2) is 23.8 Å². The molecule has 114 valence electrons. The summed E-state index contributed by atoms with van der Waals surface area (Å²) in [6.07, 6.45) is 0.572. The van der Waals surface area contributed by atoms with Crippen LogP contribution in [0.5, 0.6) is 0 Å². The van der Waals surface area contributed by atoms with Crippen molar-refractivity contribution in [1.29, 1.82) is 0 Å². The van der Waals surface area contributed by atoms with E-state index in [1.54, 1.807) is 7.05 Å². The van der Waals surface area contributed by atoms with Gasteiger partial charge in [-0.15, -0.1) is 0 Å². The van der Waals surface area contributed by atoms with E-state index in [1.807, 2.05) is 6.92 Å². The molecule has 0 aliphatic carbocycles. The molecular weight excluding hydrogens is 340 g/mol. The third-order valence-electron chi connectivity index (χ3n) is 3.13. The molecule has 0 saturated heterocycles. The third-order valence-corrected chi connectivity index (χ3v) is 5.85. The molecular formula is C13H23BrN2O3Si. The van der Waals surface area contributed by atoms with E-state index >= 15 is 0 Å².